The average Bonchev–Trinajstić information content (AvgIpc) is 2.41. The number of piperidine rings is 1. The Hall–Kier alpha value is -0.710. The number of nitrogens with two attached hydrogens (primary N) is 1. The number of thioether (sulfide) groups is 1. The lowest BCUT2D eigenvalue weighted by Gasteiger charge is -2.27. The van der Waals surface area contributed by atoms with Crippen molar-refractivity contribution in [3.05, 3.63) is 29.3 Å². The number of carbonyl (C=O) groups excluding carboxylic acids is 1. The first-order valence-corrected chi connectivity index (χ1v) is 8.03. The van der Waals surface area contributed by atoms with E-state index in [2.05, 4.69) is 12.1 Å². The molecule has 1 fully saturated rings. The van der Waals surface area contributed by atoms with Crippen LogP contribution in [0.5, 0.6) is 0 Å². The van der Waals surface area contributed by atoms with E-state index < -0.39 is 0 Å². The molecule has 1 aliphatic heterocycles. The number of hydrogen-bond donors (Lipinski definition) is 2. The van der Waals surface area contributed by atoms with Gasteiger partial charge in [-0.3, -0.25) is 4.79 Å². The first-order chi connectivity index (χ1) is 9.15. The molecule has 1 heterocycles. The Morgan fingerprint density at radius 1 is 1.32 bits per heavy atom. The van der Waals surface area contributed by atoms with Crippen molar-refractivity contribution in [1.29, 1.82) is 0 Å². The molecule has 0 unspecified atom stereocenters. The lowest BCUT2D eigenvalue weighted by Crippen LogP contribution is -3.13. The predicted molar refractivity (Wildman–Crippen MR) is 79.7 cm³/mol. The topological polar surface area (TPSA) is 47.5 Å². The van der Waals surface area contributed by atoms with Gasteiger partial charge in [0.15, 0.2) is 0 Å². The zero-order valence-corrected chi connectivity index (χ0v) is 12.5. The molecule has 1 aliphatic rings. The first kappa shape index (κ1) is 14.7. The third-order valence-corrected chi connectivity index (χ3v) is 4.90. The molecular formula is C14H20ClN2OS+. The summed E-state index contributed by atoms with van der Waals surface area (Å²) in [7, 11) is 0. The normalized spacial score (nSPS) is 23.2. The number of hydrogen-bond acceptors (Lipinski definition) is 2. The fourth-order valence-electron chi connectivity index (χ4n) is 2.40. The maximum Gasteiger partial charge on any atom is 0.220 e. The SMILES string of the molecule is NC(=O)C1CC[NH+](CCSc2ccc(Cl)cc2)CC1. The van der Waals surface area contributed by atoms with E-state index in [0.717, 1.165) is 43.3 Å². The molecule has 3 nitrogen and oxygen atoms in total. The number of carbonyl (C=O) groups is 1. The number of amides is 1. The third-order valence-electron chi connectivity index (χ3n) is 3.63. The molecule has 104 valence electrons. The summed E-state index contributed by atoms with van der Waals surface area (Å²) in [5, 5.41) is 0.781. The van der Waals surface area contributed by atoms with Gasteiger partial charge in [0.05, 0.1) is 19.6 Å². The zero-order valence-electron chi connectivity index (χ0n) is 10.9. The molecular weight excluding hydrogens is 280 g/mol. The van der Waals surface area contributed by atoms with E-state index in [4.69, 9.17) is 17.3 Å². The van der Waals surface area contributed by atoms with E-state index in [-0.39, 0.29) is 11.8 Å². The van der Waals surface area contributed by atoms with Crippen molar-refractivity contribution >= 4 is 29.3 Å². The fourth-order valence-corrected chi connectivity index (χ4v) is 3.49. The minimum Gasteiger partial charge on any atom is -0.369 e. The number of primary amides is 1. The number of rotatable bonds is 5. The van der Waals surface area contributed by atoms with Gasteiger partial charge in [0.25, 0.3) is 0 Å². The van der Waals surface area contributed by atoms with Gasteiger partial charge < -0.3 is 10.6 Å². The van der Waals surface area contributed by atoms with Gasteiger partial charge in [-0.1, -0.05) is 11.6 Å². The van der Waals surface area contributed by atoms with Crippen LogP contribution in [0.3, 0.4) is 0 Å². The van der Waals surface area contributed by atoms with Crippen LogP contribution in [0.4, 0.5) is 0 Å². The van der Waals surface area contributed by atoms with Crippen molar-refractivity contribution in [1.82, 2.24) is 0 Å². The van der Waals surface area contributed by atoms with Crippen LogP contribution in [-0.2, 0) is 4.79 Å². The largest absolute Gasteiger partial charge is 0.369 e. The van der Waals surface area contributed by atoms with Gasteiger partial charge in [-0.2, -0.15) is 0 Å². The molecule has 0 atom stereocenters. The highest BCUT2D eigenvalue weighted by molar-refractivity contribution is 7.99. The Morgan fingerprint density at radius 3 is 2.53 bits per heavy atom. The average molecular weight is 300 g/mol. The molecule has 0 aliphatic carbocycles. The Labute approximate surface area is 123 Å². The number of likely N-dealkylation sites (tertiary alicyclic amines) is 1. The summed E-state index contributed by atoms with van der Waals surface area (Å²) in [5.74, 6) is 1.07. The van der Waals surface area contributed by atoms with Crippen molar-refractivity contribution in [2.45, 2.75) is 17.7 Å². The second-order valence-electron chi connectivity index (χ2n) is 4.98. The maximum absolute atomic E-state index is 11.1. The molecule has 0 aromatic heterocycles. The molecule has 1 amide bonds. The smallest absolute Gasteiger partial charge is 0.220 e. The lowest BCUT2D eigenvalue weighted by atomic mass is 9.96. The molecule has 2 rings (SSSR count). The van der Waals surface area contributed by atoms with Crippen LogP contribution in [0.1, 0.15) is 12.8 Å². The molecule has 5 heteroatoms. The van der Waals surface area contributed by atoms with Crippen molar-refractivity contribution in [2.24, 2.45) is 11.7 Å². The van der Waals surface area contributed by atoms with Gasteiger partial charge in [0, 0.05) is 34.4 Å². The second kappa shape index (κ2) is 7.17. The minimum absolute atomic E-state index is 0.104. The Balaban J connectivity index is 1.67. The van der Waals surface area contributed by atoms with Crippen LogP contribution in [0, 0.1) is 5.92 Å². The van der Waals surface area contributed by atoms with Crippen LogP contribution in [0.25, 0.3) is 0 Å². The van der Waals surface area contributed by atoms with Crippen LogP contribution in [0.2, 0.25) is 5.02 Å². The summed E-state index contributed by atoms with van der Waals surface area (Å²) >= 11 is 7.71. The Kier molecular flexibility index (Phi) is 5.55. The molecule has 19 heavy (non-hydrogen) atoms. The molecule has 0 spiro atoms. The number of benzene rings is 1. The molecule has 1 saturated heterocycles. The summed E-state index contributed by atoms with van der Waals surface area (Å²) < 4.78 is 0. The van der Waals surface area contributed by atoms with Crippen molar-refractivity contribution < 1.29 is 9.69 Å². The van der Waals surface area contributed by atoms with Gasteiger partial charge in [-0.25, -0.2) is 0 Å². The highest BCUT2D eigenvalue weighted by Gasteiger charge is 2.25. The van der Waals surface area contributed by atoms with Crippen LogP contribution < -0.4 is 10.6 Å². The van der Waals surface area contributed by atoms with E-state index in [1.54, 1.807) is 4.90 Å². The van der Waals surface area contributed by atoms with E-state index >= 15 is 0 Å². The number of nitrogens with one attached hydrogen (secondary N) is 1. The van der Waals surface area contributed by atoms with E-state index in [1.807, 2.05) is 23.9 Å². The van der Waals surface area contributed by atoms with Gasteiger partial charge in [-0.05, 0) is 24.3 Å². The lowest BCUT2D eigenvalue weighted by molar-refractivity contribution is -0.903. The summed E-state index contributed by atoms with van der Waals surface area (Å²) in [6, 6.07) is 7.97. The number of quaternary nitrogens is 1. The van der Waals surface area contributed by atoms with Gasteiger partial charge in [-0.15, -0.1) is 11.8 Å². The minimum atomic E-state index is -0.130. The fraction of sp³-hybridized carbons (Fsp3) is 0.500. The van der Waals surface area contributed by atoms with Crippen LogP contribution >= 0.6 is 23.4 Å². The molecule has 3 N–H and O–H groups in total. The quantitative estimate of drug-likeness (QED) is 0.803. The highest BCUT2D eigenvalue weighted by Crippen LogP contribution is 2.19. The molecule has 0 radical (unpaired) electrons. The zero-order chi connectivity index (χ0) is 13.7. The maximum atomic E-state index is 11.1. The van der Waals surface area contributed by atoms with Crippen LogP contribution in [-0.4, -0.2) is 31.3 Å². The van der Waals surface area contributed by atoms with Crippen molar-refractivity contribution in [2.75, 3.05) is 25.4 Å². The van der Waals surface area contributed by atoms with Crippen molar-refractivity contribution in [3.8, 4) is 0 Å². The monoisotopic (exact) mass is 299 g/mol. The van der Waals surface area contributed by atoms with E-state index in [1.165, 1.54) is 4.90 Å². The number of halogens is 1. The summed E-state index contributed by atoms with van der Waals surface area (Å²) in [5.41, 5.74) is 5.34. The Bertz CT molecular complexity index is 416. The predicted octanol–water partition coefficient (Wildman–Crippen LogP) is 1.21. The second-order valence-corrected chi connectivity index (χ2v) is 6.58. The molecule has 0 saturated carbocycles. The molecule has 1 aromatic rings. The summed E-state index contributed by atoms with van der Waals surface area (Å²) in [6.45, 7) is 3.27. The van der Waals surface area contributed by atoms with Crippen molar-refractivity contribution in [3.63, 3.8) is 0 Å². The first-order valence-electron chi connectivity index (χ1n) is 6.66. The van der Waals surface area contributed by atoms with Gasteiger partial charge in [0.1, 0.15) is 0 Å². The molecule has 0 bridgehead atoms. The Morgan fingerprint density at radius 2 is 1.95 bits per heavy atom. The molecule has 1 aromatic carbocycles. The summed E-state index contributed by atoms with van der Waals surface area (Å²) in [4.78, 5) is 13.9. The van der Waals surface area contributed by atoms with E-state index in [9.17, 15) is 4.79 Å². The van der Waals surface area contributed by atoms with Gasteiger partial charge in [0.2, 0.25) is 5.91 Å². The van der Waals surface area contributed by atoms with Gasteiger partial charge >= 0.3 is 0 Å². The summed E-state index contributed by atoms with van der Waals surface area (Å²) in [6.07, 6.45) is 1.88. The highest BCUT2D eigenvalue weighted by atomic mass is 35.5. The van der Waals surface area contributed by atoms with E-state index in [0.29, 0.717) is 0 Å². The third kappa shape index (κ3) is 4.71. The van der Waals surface area contributed by atoms with Crippen LogP contribution in [0.15, 0.2) is 29.2 Å². The standard InChI is InChI=1S/C14H19ClN2OS/c15-12-1-3-13(4-2-12)19-10-9-17-7-5-11(6-8-17)14(16)18/h1-4,11H,5-10H2,(H2,16,18)/p+1.